The smallest absolute Gasteiger partial charge is 0.241 e. The van der Waals surface area contributed by atoms with Crippen molar-refractivity contribution in [3.8, 4) is 5.75 Å². The molecule has 0 bridgehead atoms. The van der Waals surface area contributed by atoms with Gasteiger partial charge in [-0.05, 0) is 39.0 Å². The Hall–Kier alpha value is -1.31. The molecule has 0 unspecified atom stereocenters. The van der Waals surface area contributed by atoms with Crippen LogP contribution < -0.4 is 15.6 Å². The minimum atomic E-state index is -3.87. The second-order valence-corrected chi connectivity index (χ2v) is 6.59. The van der Waals surface area contributed by atoms with Crippen LogP contribution in [-0.4, -0.2) is 27.2 Å². The highest BCUT2D eigenvalue weighted by Crippen LogP contribution is 2.25. The van der Waals surface area contributed by atoms with Crippen LogP contribution in [-0.2, 0) is 14.8 Å². The summed E-state index contributed by atoms with van der Waals surface area (Å²) in [5.74, 6) is 0.175. The van der Waals surface area contributed by atoms with Crippen LogP contribution in [0.2, 0.25) is 0 Å². The van der Waals surface area contributed by atoms with Gasteiger partial charge >= 0.3 is 0 Å². The highest BCUT2D eigenvalue weighted by molar-refractivity contribution is 7.89. The van der Waals surface area contributed by atoms with Gasteiger partial charge in [-0.25, -0.2) is 13.6 Å². The van der Waals surface area contributed by atoms with Gasteiger partial charge in [0.05, 0.1) is 12.2 Å². The Morgan fingerprint density at radius 1 is 1.21 bits per heavy atom. The number of nitrogen functional groups attached to an aromatic ring is 1. The van der Waals surface area contributed by atoms with E-state index in [2.05, 4.69) is 0 Å². The first kappa shape index (κ1) is 15.7. The quantitative estimate of drug-likeness (QED) is 0.624. The molecular weight excluding hydrogens is 268 g/mol. The molecule has 1 rings (SSSR count). The Labute approximate surface area is 113 Å². The number of rotatable bonds is 5. The van der Waals surface area contributed by atoms with Crippen LogP contribution in [0, 0.1) is 0 Å². The van der Waals surface area contributed by atoms with Crippen LogP contribution in [0.4, 0.5) is 5.69 Å². The summed E-state index contributed by atoms with van der Waals surface area (Å²) < 4.78 is 33.7. The Bertz CT molecular complexity index is 535. The van der Waals surface area contributed by atoms with Crippen LogP contribution in [0.5, 0.6) is 5.75 Å². The molecule has 0 saturated heterocycles. The lowest BCUT2D eigenvalue weighted by Gasteiger charge is -2.19. The first-order valence-electron chi connectivity index (χ1n) is 5.79. The van der Waals surface area contributed by atoms with Crippen molar-refractivity contribution in [2.75, 3.05) is 18.9 Å². The highest BCUT2D eigenvalue weighted by Gasteiger charge is 2.16. The molecule has 0 atom stereocenters. The molecule has 0 aliphatic rings. The fourth-order valence-electron chi connectivity index (χ4n) is 1.37. The molecule has 4 N–H and O–H groups in total. The molecule has 0 spiro atoms. The third kappa shape index (κ3) is 5.46. The summed E-state index contributed by atoms with van der Waals surface area (Å²) in [6.45, 7) is 6.34. The maximum Gasteiger partial charge on any atom is 0.241 e. The van der Waals surface area contributed by atoms with E-state index in [0.717, 1.165) is 0 Å². The molecule has 7 heteroatoms. The van der Waals surface area contributed by atoms with Crippen molar-refractivity contribution in [1.82, 2.24) is 0 Å². The van der Waals surface area contributed by atoms with Gasteiger partial charge in [-0.2, -0.15) is 0 Å². The standard InChI is InChI=1S/C12H20N2O4S/c1-12(2,3)18-7-6-17-10-5-4-9(13)8-11(10)19(14,15)16/h4-5,8H,6-7,13H2,1-3H3,(H2,14,15,16). The minimum absolute atomic E-state index is 0.122. The molecule has 0 heterocycles. The van der Waals surface area contributed by atoms with E-state index in [9.17, 15) is 8.42 Å². The number of ether oxygens (including phenoxy) is 2. The average Bonchev–Trinajstić information content (AvgIpc) is 2.23. The average molecular weight is 288 g/mol. The monoisotopic (exact) mass is 288 g/mol. The molecule has 0 amide bonds. The molecule has 1 aromatic carbocycles. The third-order valence-corrected chi connectivity index (χ3v) is 3.08. The van der Waals surface area contributed by atoms with Crippen LogP contribution >= 0.6 is 0 Å². The zero-order chi connectivity index (χ0) is 14.7. The number of sulfonamides is 1. The van der Waals surface area contributed by atoms with E-state index in [1.165, 1.54) is 12.1 Å². The van der Waals surface area contributed by atoms with Gasteiger partial charge in [-0.1, -0.05) is 0 Å². The molecule has 1 aromatic rings. The lowest BCUT2D eigenvalue weighted by atomic mass is 10.2. The summed E-state index contributed by atoms with van der Waals surface area (Å²) in [4.78, 5) is -0.122. The molecule has 0 aromatic heterocycles. The zero-order valence-corrected chi connectivity index (χ0v) is 12.2. The molecule has 0 fully saturated rings. The van der Waals surface area contributed by atoms with Crippen molar-refractivity contribution < 1.29 is 17.9 Å². The fourth-order valence-corrected chi connectivity index (χ4v) is 2.07. The molecule has 108 valence electrons. The van der Waals surface area contributed by atoms with E-state index in [-0.39, 0.29) is 22.9 Å². The summed E-state index contributed by atoms with van der Waals surface area (Å²) in [7, 11) is -3.87. The topological polar surface area (TPSA) is 105 Å². The Kier molecular flexibility index (Phi) is 4.78. The molecule has 0 saturated carbocycles. The lowest BCUT2D eigenvalue weighted by molar-refractivity contribution is -0.0166. The molecule has 6 nitrogen and oxygen atoms in total. The highest BCUT2D eigenvalue weighted by atomic mass is 32.2. The summed E-state index contributed by atoms with van der Waals surface area (Å²) in [5, 5.41) is 5.11. The van der Waals surface area contributed by atoms with Crippen molar-refractivity contribution in [2.24, 2.45) is 5.14 Å². The van der Waals surface area contributed by atoms with Crippen LogP contribution in [0.1, 0.15) is 20.8 Å². The number of anilines is 1. The predicted octanol–water partition coefficient (Wildman–Crippen LogP) is 1.11. The van der Waals surface area contributed by atoms with Crippen molar-refractivity contribution in [3.63, 3.8) is 0 Å². The van der Waals surface area contributed by atoms with Gasteiger partial charge in [-0.15, -0.1) is 0 Å². The van der Waals surface area contributed by atoms with Gasteiger partial charge in [0.2, 0.25) is 10.0 Å². The van der Waals surface area contributed by atoms with E-state index in [1.807, 2.05) is 20.8 Å². The lowest BCUT2D eigenvalue weighted by Crippen LogP contribution is -2.23. The van der Waals surface area contributed by atoms with Gasteiger partial charge in [0.15, 0.2) is 0 Å². The van der Waals surface area contributed by atoms with Gasteiger partial charge in [0.25, 0.3) is 0 Å². The van der Waals surface area contributed by atoms with Crippen molar-refractivity contribution in [3.05, 3.63) is 18.2 Å². The summed E-state index contributed by atoms with van der Waals surface area (Å²) in [6, 6.07) is 4.30. The largest absolute Gasteiger partial charge is 0.490 e. The normalized spacial score (nSPS) is 12.4. The SMILES string of the molecule is CC(C)(C)OCCOc1ccc(N)cc1S(N)(=O)=O. The second-order valence-electron chi connectivity index (χ2n) is 5.06. The first-order valence-corrected chi connectivity index (χ1v) is 7.33. The predicted molar refractivity (Wildman–Crippen MR) is 73.4 cm³/mol. The van der Waals surface area contributed by atoms with E-state index in [0.29, 0.717) is 12.3 Å². The molecule has 19 heavy (non-hydrogen) atoms. The second kappa shape index (κ2) is 5.77. The van der Waals surface area contributed by atoms with Gasteiger partial charge in [0.1, 0.15) is 17.3 Å². The number of benzene rings is 1. The van der Waals surface area contributed by atoms with Crippen LogP contribution in [0.3, 0.4) is 0 Å². The van der Waals surface area contributed by atoms with Crippen LogP contribution in [0.25, 0.3) is 0 Å². The summed E-state index contributed by atoms with van der Waals surface area (Å²) in [5.41, 5.74) is 5.57. The van der Waals surface area contributed by atoms with Crippen LogP contribution in [0.15, 0.2) is 23.1 Å². The maximum atomic E-state index is 11.4. The number of hydrogen-bond acceptors (Lipinski definition) is 5. The number of hydrogen-bond donors (Lipinski definition) is 2. The fraction of sp³-hybridized carbons (Fsp3) is 0.500. The van der Waals surface area contributed by atoms with Crippen molar-refractivity contribution in [1.29, 1.82) is 0 Å². The van der Waals surface area contributed by atoms with Crippen molar-refractivity contribution in [2.45, 2.75) is 31.3 Å². The molecule has 0 aliphatic heterocycles. The minimum Gasteiger partial charge on any atom is -0.490 e. The Morgan fingerprint density at radius 2 is 1.84 bits per heavy atom. The maximum absolute atomic E-state index is 11.4. The molecule has 0 aliphatic carbocycles. The van der Waals surface area contributed by atoms with Gasteiger partial charge < -0.3 is 15.2 Å². The first-order chi connectivity index (χ1) is 8.59. The molecule has 0 radical (unpaired) electrons. The van der Waals surface area contributed by atoms with Gasteiger partial charge in [0, 0.05) is 5.69 Å². The number of nitrogens with two attached hydrogens (primary N) is 2. The Morgan fingerprint density at radius 3 is 2.37 bits per heavy atom. The molecular formula is C12H20N2O4S. The van der Waals surface area contributed by atoms with E-state index >= 15 is 0 Å². The summed E-state index contributed by atoms with van der Waals surface area (Å²) in [6.07, 6.45) is 0. The van der Waals surface area contributed by atoms with E-state index in [4.69, 9.17) is 20.3 Å². The van der Waals surface area contributed by atoms with E-state index < -0.39 is 10.0 Å². The third-order valence-electron chi connectivity index (χ3n) is 2.15. The number of primary sulfonamides is 1. The van der Waals surface area contributed by atoms with E-state index in [1.54, 1.807) is 6.07 Å². The zero-order valence-electron chi connectivity index (χ0n) is 11.3. The van der Waals surface area contributed by atoms with Crippen molar-refractivity contribution >= 4 is 15.7 Å². The van der Waals surface area contributed by atoms with Gasteiger partial charge in [-0.3, -0.25) is 0 Å². The summed E-state index contributed by atoms with van der Waals surface area (Å²) >= 11 is 0. The Balaban J connectivity index is 2.74.